The van der Waals surface area contributed by atoms with Crippen molar-refractivity contribution in [3.63, 3.8) is 0 Å². The molecule has 16 heavy (non-hydrogen) atoms. The van der Waals surface area contributed by atoms with E-state index in [1.54, 1.807) is 0 Å². The van der Waals surface area contributed by atoms with Crippen LogP contribution in [0.4, 0.5) is 0 Å². The van der Waals surface area contributed by atoms with Crippen LogP contribution in [0.15, 0.2) is 18.2 Å². The highest BCUT2D eigenvalue weighted by molar-refractivity contribution is 5.98. The summed E-state index contributed by atoms with van der Waals surface area (Å²) >= 11 is 0. The van der Waals surface area contributed by atoms with Gasteiger partial charge in [-0.05, 0) is 42.9 Å². The zero-order valence-electron chi connectivity index (χ0n) is 9.46. The Morgan fingerprint density at radius 2 is 1.88 bits per heavy atom. The standard InChI is InChI=1S/C14H17NO/c16-14(13-8-15-9-13)12-6-5-10-3-1-2-4-11(10)7-12/h5-7,13,15H,1-4,8-9H2. The summed E-state index contributed by atoms with van der Waals surface area (Å²) in [4.78, 5) is 12.1. The SMILES string of the molecule is O=C(c1ccc2c(c1)CCCC2)C1CNC1. The molecule has 3 rings (SSSR count). The molecule has 0 amide bonds. The smallest absolute Gasteiger partial charge is 0.168 e. The first kappa shape index (κ1) is 10.0. The van der Waals surface area contributed by atoms with Crippen molar-refractivity contribution in [1.29, 1.82) is 0 Å². The van der Waals surface area contributed by atoms with Gasteiger partial charge in [-0.25, -0.2) is 0 Å². The quantitative estimate of drug-likeness (QED) is 0.764. The number of hydrogen-bond acceptors (Lipinski definition) is 2. The molecule has 1 N–H and O–H groups in total. The van der Waals surface area contributed by atoms with Crippen molar-refractivity contribution in [1.82, 2.24) is 5.32 Å². The summed E-state index contributed by atoms with van der Waals surface area (Å²) in [5.74, 6) is 0.550. The van der Waals surface area contributed by atoms with Crippen molar-refractivity contribution in [3.8, 4) is 0 Å². The van der Waals surface area contributed by atoms with E-state index in [-0.39, 0.29) is 5.92 Å². The molecule has 0 radical (unpaired) electrons. The van der Waals surface area contributed by atoms with E-state index in [2.05, 4.69) is 17.4 Å². The number of hydrogen-bond donors (Lipinski definition) is 1. The van der Waals surface area contributed by atoms with Gasteiger partial charge >= 0.3 is 0 Å². The average Bonchev–Trinajstić information content (AvgIpc) is 2.26. The second-order valence-corrected chi connectivity index (χ2v) is 4.91. The molecule has 2 aliphatic rings. The molecule has 1 aromatic rings. The molecular formula is C14H17NO. The number of rotatable bonds is 2. The lowest BCUT2D eigenvalue weighted by Crippen LogP contribution is -2.46. The fraction of sp³-hybridized carbons (Fsp3) is 0.500. The Balaban J connectivity index is 1.87. The Hall–Kier alpha value is -1.15. The van der Waals surface area contributed by atoms with Crippen LogP contribution in [0.3, 0.4) is 0 Å². The first-order valence-corrected chi connectivity index (χ1v) is 6.21. The van der Waals surface area contributed by atoms with Gasteiger partial charge in [-0.3, -0.25) is 4.79 Å². The fourth-order valence-electron chi connectivity index (χ4n) is 2.60. The summed E-state index contributed by atoms with van der Waals surface area (Å²) in [6.45, 7) is 1.71. The third kappa shape index (κ3) is 1.67. The number of ketones is 1. The van der Waals surface area contributed by atoms with Gasteiger partial charge in [-0.15, -0.1) is 0 Å². The topological polar surface area (TPSA) is 29.1 Å². The van der Waals surface area contributed by atoms with E-state index < -0.39 is 0 Å². The van der Waals surface area contributed by atoms with Crippen LogP contribution < -0.4 is 5.32 Å². The highest BCUT2D eigenvalue weighted by Gasteiger charge is 2.26. The monoisotopic (exact) mass is 215 g/mol. The van der Waals surface area contributed by atoms with Crippen molar-refractivity contribution >= 4 is 5.78 Å². The van der Waals surface area contributed by atoms with Crippen LogP contribution in [0, 0.1) is 5.92 Å². The van der Waals surface area contributed by atoms with Crippen molar-refractivity contribution in [2.45, 2.75) is 25.7 Å². The van der Waals surface area contributed by atoms with Crippen molar-refractivity contribution in [3.05, 3.63) is 34.9 Å². The minimum Gasteiger partial charge on any atom is -0.315 e. The molecule has 0 aromatic heterocycles. The molecule has 1 heterocycles. The second-order valence-electron chi connectivity index (χ2n) is 4.91. The minimum atomic E-state index is 0.224. The maximum atomic E-state index is 12.1. The fourth-order valence-corrected chi connectivity index (χ4v) is 2.60. The lowest BCUT2D eigenvalue weighted by Gasteiger charge is -2.26. The zero-order valence-corrected chi connectivity index (χ0v) is 9.46. The Kier molecular flexibility index (Phi) is 2.52. The van der Waals surface area contributed by atoms with Crippen LogP contribution in [0.5, 0.6) is 0 Å². The lowest BCUT2D eigenvalue weighted by atomic mass is 9.87. The molecule has 0 atom stereocenters. The van der Waals surface area contributed by atoms with Gasteiger partial charge < -0.3 is 5.32 Å². The Morgan fingerprint density at radius 1 is 1.12 bits per heavy atom. The zero-order chi connectivity index (χ0) is 11.0. The van der Waals surface area contributed by atoms with Crippen LogP contribution in [-0.2, 0) is 12.8 Å². The Bertz CT molecular complexity index is 421. The van der Waals surface area contributed by atoms with E-state index >= 15 is 0 Å². The van der Waals surface area contributed by atoms with E-state index in [4.69, 9.17) is 0 Å². The van der Waals surface area contributed by atoms with Gasteiger partial charge in [0.2, 0.25) is 0 Å². The molecule has 0 bridgehead atoms. The molecular weight excluding hydrogens is 198 g/mol. The van der Waals surface area contributed by atoms with Crippen LogP contribution in [0.25, 0.3) is 0 Å². The van der Waals surface area contributed by atoms with Crippen LogP contribution in [0.1, 0.15) is 34.3 Å². The number of fused-ring (bicyclic) bond motifs is 1. The van der Waals surface area contributed by atoms with E-state index in [0.29, 0.717) is 5.78 Å². The molecule has 0 spiro atoms. The average molecular weight is 215 g/mol. The van der Waals surface area contributed by atoms with Gasteiger partial charge in [0, 0.05) is 24.6 Å². The van der Waals surface area contributed by atoms with Crippen molar-refractivity contribution in [2.24, 2.45) is 5.92 Å². The van der Waals surface area contributed by atoms with Gasteiger partial charge in [0.05, 0.1) is 0 Å². The number of carbonyl (C=O) groups is 1. The first-order valence-electron chi connectivity index (χ1n) is 6.21. The molecule has 1 fully saturated rings. The summed E-state index contributed by atoms with van der Waals surface area (Å²) in [5.41, 5.74) is 3.78. The number of Topliss-reactive ketones (excluding diaryl/α,β-unsaturated/α-hetero) is 1. The summed E-state index contributed by atoms with van der Waals surface area (Å²) in [7, 11) is 0. The van der Waals surface area contributed by atoms with Crippen LogP contribution in [0.2, 0.25) is 0 Å². The first-order chi connectivity index (χ1) is 7.84. The number of carbonyl (C=O) groups excluding carboxylic acids is 1. The summed E-state index contributed by atoms with van der Waals surface area (Å²) < 4.78 is 0. The summed E-state index contributed by atoms with van der Waals surface area (Å²) in [5, 5.41) is 3.15. The maximum Gasteiger partial charge on any atom is 0.168 e. The van der Waals surface area contributed by atoms with Crippen molar-refractivity contribution in [2.75, 3.05) is 13.1 Å². The third-order valence-electron chi connectivity index (χ3n) is 3.79. The molecule has 0 saturated carbocycles. The van der Waals surface area contributed by atoms with Crippen molar-refractivity contribution < 1.29 is 4.79 Å². The van der Waals surface area contributed by atoms with Gasteiger partial charge in [0.15, 0.2) is 5.78 Å². The lowest BCUT2D eigenvalue weighted by molar-refractivity contribution is 0.0878. The Morgan fingerprint density at radius 3 is 2.56 bits per heavy atom. The summed E-state index contributed by atoms with van der Waals surface area (Å²) in [6, 6.07) is 6.31. The maximum absolute atomic E-state index is 12.1. The minimum absolute atomic E-state index is 0.224. The third-order valence-corrected chi connectivity index (χ3v) is 3.79. The predicted molar refractivity (Wildman–Crippen MR) is 63.8 cm³/mol. The molecule has 84 valence electrons. The van der Waals surface area contributed by atoms with Crippen LogP contribution in [-0.4, -0.2) is 18.9 Å². The van der Waals surface area contributed by atoms with Gasteiger partial charge in [-0.1, -0.05) is 12.1 Å². The molecule has 1 aliphatic heterocycles. The number of nitrogens with one attached hydrogen (secondary N) is 1. The highest BCUT2D eigenvalue weighted by Crippen LogP contribution is 2.23. The largest absolute Gasteiger partial charge is 0.315 e. The normalized spacial score (nSPS) is 20.0. The molecule has 1 saturated heterocycles. The van der Waals surface area contributed by atoms with E-state index in [0.717, 1.165) is 25.1 Å². The number of aryl methyl sites for hydroxylation is 2. The summed E-state index contributed by atoms with van der Waals surface area (Å²) in [6.07, 6.45) is 4.91. The molecule has 0 unspecified atom stereocenters. The van der Waals surface area contributed by atoms with E-state index in [1.165, 1.54) is 30.4 Å². The Labute approximate surface area is 96.1 Å². The van der Waals surface area contributed by atoms with Gasteiger partial charge in [0.1, 0.15) is 0 Å². The number of benzene rings is 1. The predicted octanol–water partition coefficient (Wildman–Crippen LogP) is 1.97. The van der Waals surface area contributed by atoms with E-state index in [9.17, 15) is 4.79 Å². The van der Waals surface area contributed by atoms with Gasteiger partial charge in [0.25, 0.3) is 0 Å². The second kappa shape index (κ2) is 4.02. The molecule has 1 aromatic carbocycles. The van der Waals surface area contributed by atoms with E-state index in [1.807, 2.05) is 6.07 Å². The molecule has 2 heteroatoms. The molecule has 1 aliphatic carbocycles. The van der Waals surface area contributed by atoms with Gasteiger partial charge in [-0.2, -0.15) is 0 Å². The van der Waals surface area contributed by atoms with Crippen LogP contribution >= 0.6 is 0 Å². The molecule has 2 nitrogen and oxygen atoms in total. The highest BCUT2D eigenvalue weighted by atomic mass is 16.1.